The van der Waals surface area contributed by atoms with Gasteiger partial charge in [0.15, 0.2) is 12.3 Å². The molecular weight excluding hydrogens is 644 g/mol. The van der Waals surface area contributed by atoms with Crippen molar-refractivity contribution in [2.75, 3.05) is 38.1 Å². The van der Waals surface area contributed by atoms with Crippen LogP contribution < -0.4 is 10.1 Å². The lowest BCUT2D eigenvalue weighted by molar-refractivity contribution is -0.153. The van der Waals surface area contributed by atoms with Crippen LogP contribution in [0.5, 0.6) is 5.75 Å². The van der Waals surface area contributed by atoms with Crippen LogP contribution in [0, 0.1) is 0 Å². The summed E-state index contributed by atoms with van der Waals surface area (Å²) in [6.45, 7) is 3.46. The number of carbonyl (C=O) groups is 2. The molecule has 2 aromatic carbocycles. The highest BCUT2D eigenvalue weighted by Gasteiger charge is 2.31. The van der Waals surface area contributed by atoms with Crippen LogP contribution >= 0.6 is 0 Å². The Hall–Kier alpha value is -4.99. The minimum Gasteiger partial charge on any atom is -0.484 e. The lowest BCUT2D eigenvalue weighted by Crippen LogP contribution is -2.48. The Morgan fingerprint density at radius 2 is 1.52 bits per heavy atom. The molecule has 3 heterocycles. The molecule has 0 saturated carbocycles. The zero-order valence-electron chi connectivity index (χ0n) is 25.7. The van der Waals surface area contributed by atoms with Crippen molar-refractivity contribution in [3.8, 4) is 5.75 Å². The molecule has 1 aliphatic heterocycles. The normalized spacial score (nSPS) is 14.2. The van der Waals surface area contributed by atoms with Gasteiger partial charge in [0.25, 0.3) is 11.8 Å². The number of piperazine rings is 1. The maximum absolute atomic E-state index is 13.4. The number of hydrogen-bond donors (Lipinski definition) is 1. The Kier molecular flexibility index (Phi) is 10.3. The molecule has 0 spiro atoms. The number of pyridine rings is 1. The van der Waals surface area contributed by atoms with E-state index in [2.05, 4.69) is 25.5 Å². The second kappa shape index (κ2) is 14.4. The van der Waals surface area contributed by atoms with Crippen molar-refractivity contribution < 1.29 is 40.7 Å². The van der Waals surface area contributed by atoms with Crippen LogP contribution in [0.1, 0.15) is 50.3 Å². The lowest BCUT2D eigenvalue weighted by atomic mass is 10.1. The molecule has 1 aliphatic rings. The standard InChI is InChI=1S/C32H31F6N7O3/c1-2-27-28(30(47)44-15-13-43(14-16-44)18-21-3-10-25(11-4-21)48-20-31(33,34)35)41-42-45(27)19-22-5-12-26(39-17-22)29(46)40-24-8-6-23(7-9-24)32(36,37)38/h3-12,17H,2,13-16,18-20H2,1H3,(H,40,46). The average Bonchev–Trinajstić information content (AvgIpc) is 3.46. The van der Waals surface area contributed by atoms with Gasteiger partial charge < -0.3 is 15.0 Å². The Labute approximate surface area is 271 Å². The zero-order chi connectivity index (χ0) is 34.5. The summed E-state index contributed by atoms with van der Waals surface area (Å²) in [7, 11) is 0. The first-order valence-electron chi connectivity index (χ1n) is 14.9. The SMILES string of the molecule is CCc1c(C(=O)N2CCN(Cc3ccc(OCC(F)(F)F)cc3)CC2)nnn1Cc1ccc(C(=O)Nc2ccc(C(F)(F)F)cc2)nc1. The Morgan fingerprint density at radius 3 is 2.10 bits per heavy atom. The van der Waals surface area contributed by atoms with Crippen LogP contribution in [0.25, 0.3) is 0 Å². The van der Waals surface area contributed by atoms with E-state index in [1.807, 2.05) is 6.92 Å². The Bertz CT molecular complexity index is 1700. The second-order valence-electron chi connectivity index (χ2n) is 11.1. The summed E-state index contributed by atoms with van der Waals surface area (Å²) < 4.78 is 81.8. The van der Waals surface area contributed by atoms with Crippen molar-refractivity contribution in [3.63, 3.8) is 0 Å². The smallest absolute Gasteiger partial charge is 0.422 e. The molecule has 2 amide bonds. The fraction of sp³-hybridized carbons (Fsp3) is 0.344. The van der Waals surface area contributed by atoms with Gasteiger partial charge in [0.05, 0.1) is 17.8 Å². The molecule has 2 aromatic heterocycles. The number of rotatable bonds is 10. The van der Waals surface area contributed by atoms with Crippen LogP contribution in [0.3, 0.4) is 0 Å². The van der Waals surface area contributed by atoms with Gasteiger partial charge in [0, 0.05) is 44.6 Å². The Balaban J connectivity index is 1.13. The summed E-state index contributed by atoms with van der Waals surface area (Å²) in [6, 6.07) is 13.7. The van der Waals surface area contributed by atoms with Gasteiger partial charge in [-0.2, -0.15) is 26.3 Å². The summed E-state index contributed by atoms with van der Waals surface area (Å²) in [5.74, 6) is -0.684. The number of nitrogens with one attached hydrogen (secondary N) is 1. The van der Waals surface area contributed by atoms with E-state index in [9.17, 15) is 35.9 Å². The first kappa shape index (κ1) is 34.3. The van der Waals surface area contributed by atoms with Gasteiger partial charge in [-0.25, -0.2) is 4.68 Å². The first-order chi connectivity index (χ1) is 22.8. The number of benzene rings is 2. The van der Waals surface area contributed by atoms with Crippen LogP contribution in [0.2, 0.25) is 0 Å². The number of alkyl halides is 6. The highest BCUT2D eigenvalue weighted by molar-refractivity contribution is 6.02. The van der Waals surface area contributed by atoms with E-state index in [4.69, 9.17) is 4.74 Å². The molecule has 48 heavy (non-hydrogen) atoms. The van der Waals surface area contributed by atoms with Crippen LogP contribution in [0.15, 0.2) is 66.9 Å². The molecule has 1 N–H and O–H groups in total. The van der Waals surface area contributed by atoms with Gasteiger partial charge >= 0.3 is 12.4 Å². The van der Waals surface area contributed by atoms with E-state index in [1.54, 1.807) is 27.8 Å². The summed E-state index contributed by atoms with van der Waals surface area (Å²) >= 11 is 0. The molecule has 1 fully saturated rings. The van der Waals surface area contributed by atoms with E-state index in [0.29, 0.717) is 50.4 Å². The van der Waals surface area contributed by atoms with Crippen molar-refractivity contribution in [2.45, 2.75) is 38.8 Å². The van der Waals surface area contributed by atoms with E-state index < -0.39 is 30.4 Å². The van der Waals surface area contributed by atoms with E-state index >= 15 is 0 Å². The molecule has 10 nitrogen and oxygen atoms in total. The third kappa shape index (κ3) is 8.87. The van der Waals surface area contributed by atoms with E-state index in [1.165, 1.54) is 24.4 Å². The second-order valence-corrected chi connectivity index (χ2v) is 11.1. The zero-order valence-corrected chi connectivity index (χ0v) is 25.7. The van der Waals surface area contributed by atoms with Crippen molar-refractivity contribution >= 4 is 17.5 Å². The predicted molar refractivity (Wildman–Crippen MR) is 161 cm³/mol. The largest absolute Gasteiger partial charge is 0.484 e. The van der Waals surface area contributed by atoms with E-state index in [0.717, 1.165) is 29.8 Å². The molecule has 0 radical (unpaired) electrons. The molecule has 0 bridgehead atoms. The minimum absolute atomic E-state index is 0.0647. The quantitative estimate of drug-likeness (QED) is 0.223. The summed E-state index contributed by atoms with van der Waals surface area (Å²) in [5, 5.41) is 10.9. The van der Waals surface area contributed by atoms with Crippen LogP contribution in [0.4, 0.5) is 32.0 Å². The lowest BCUT2D eigenvalue weighted by Gasteiger charge is -2.34. The van der Waals surface area contributed by atoms with Gasteiger partial charge in [0.1, 0.15) is 11.4 Å². The number of amides is 2. The fourth-order valence-corrected chi connectivity index (χ4v) is 5.11. The summed E-state index contributed by atoms with van der Waals surface area (Å²) in [6.07, 6.45) is -6.92. The van der Waals surface area contributed by atoms with Crippen LogP contribution in [-0.4, -0.2) is 80.6 Å². The third-order valence-corrected chi connectivity index (χ3v) is 7.63. The van der Waals surface area contributed by atoms with Crippen LogP contribution in [-0.2, 0) is 25.7 Å². The van der Waals surface area contributed by atoms with Gasteiger partial charge in [0.2, 0.25) is 0 Å². The first-order valence-corrected chi connectivity index (χ1v) is 14.9. The maximum atomic E-state index is 13.4. The monoisotopic (exact) mass is 675 g/mol. The number of aromatic nitrogens is 4. The van der Waals surface area contributed by atoms with Gasteiger partial charge in [-0.3, -0.25) is 19.5 Å². The number of ether oxygens (including phenoxy) is 1. The summed E-state index contributed by atoms with van der Waals surface area (Å²) in [4.78, 5) is 34.0. The molecule has 0 atom stereocenters. The van der Waals surface area contributed by atoms with Crippen molar-refractivity contribution in [1.29, 1.82) is 0 Å². The number of anilines is 1. The van der Waals surface area contributed by atoms with E-state index in [-0.39, 0.29) is 35.3 Å². The van der Waals surface area contributed by atoms with Gasteiger partial charge in [-0.1, -0.05) is 30.3 Å². The molecule has 0 unspecified atom stereocenters. The molecular formula is C32H31F6N7O3. The number of nitrogens with zero attached hydrogens (tertiary/aromatic N) is 6. The topological polar surface area (TPSA) is 105 Å². The molecule has 254 valence electrons. The number of hydrogen-bond acceptors (Lipinski definition) is 7. The molecule has 4 aromatic rings. The Morgan fingerprint density at radius 1 is 0.854 bits per heavy atom. The van der Waals surface area contributed by atoms with Crippen molar-refractivity contribution in [2.24, 2.45) is 0 Å². The average molecular weight is 676 g/mol. The highest BCUT2D eigenvalue weighted by atomic mass is 19.4. The van der Waals surface area contributed by atoms with Crippen molar-refractivity contribution in [3.05, 3.63) is 101 Å². The van der Waals surface area contributed by atoms with Gasteiger partial charge in [-0.05, 0) is 60.0 Å². The maximum Gasteiger partial charge on any atom is 0.422 e. The van der Waals surface area contributed by atoms with Crippen molar-refractivity contribution in [1.82, 2.24) is 29.8 Å². The number of halogens is 6. The molecule has 1 saturated heterocycles. The highest BCUT2D eigenvalue weighted by Crippen LogP contribution is 2.30. The summed E-state index contributed by atoms with van der Waals surface area (Å²) in [5.41, 5.74) is 1.92. The molecule has 16 heteroatoms. The molecule has 0 aliphatic carbocycles. The van der Waals surface area contributed by atoms with Gasteiger partial charge in [-0.15, -0.1) is 5.10 Å². The predicted octanol–water partition coefficient (Wildman–Crippen LogP) is 5.45. The third-order valence-electron chi connectivity index (χ3n) is 7.63. The fourth-order valence-electron chi connectivity index (χ4n) is 5.11. The number of carbonyl (C=O) groups excluding carboxylic acids is 2. The molecule has 5 rings (SSSR count). The minimum atomic E-state index is -4.48.